The lowest BCUT2D eigenvalue weighted by Gasteiger charge is -2.10. The van der Waals surface area contributed by atoms with Gasteiger partial charge in [-0.15, -0.1) is 0 Å². The topological polar surface area (TPSA) is 101 Å². The van der Waals surface area contributed by atoms with E-state index in [-0.39, 0.29) is 17.3 Å². The van der Waals surface area contributed by atoms with Gasteiger partial charge in [-0.25, -0.2) is 13.6 Å². The van der Waals surface area contributed by atoms with E-state index < -0.39 is 10.0 Å². The molecule has 0 heterocycles. The summed E-state index contributed by atoms with van der Waals surface area (Å²) < 4.78 is 22.4. The zero-order valence-electron chi connectivity index (χ0n) is 14.4. The highest BCUT2D eigenvalue weighted by molar-refractivity contribution is 7.89. The Balaban J connectivity index is 1.76. The summed E-state index contributed by atoms with van der Waals surface area (Å²) in [6.45, 7) is 4.79. The minimum Gasteiger partial charge on any atom is -0.325 e. The van der Waals surface area contributed by atoms with E-state index in [0.29, 0.717) is 13.0 Å². The van der Waals surface area contributed by atoms with Crippen LogP contribution in [0, 0.1) is 13.8 Å². The Kier molecular flexibility index (Phi) is 6.30. The van der Waals surface area contributed by atoms with Gasteiger partial charge in [0.05, 0.1) is 11.4 Å². The quantitative estimate of drug-likeness (QED) is 0.654. The van der Waals surface area contributed by atoms with Gasteiger partial charge in [-0.3, -0.25) is 4.79 Å². The highest BCUT2D eigenvalue weighted by atomic mass is 32.2. The van der Waals surface area contributed by atoms with E-state index in [1.807, 2.05) is 32.0 Å². The molecule has 0 fully saturated rings. The molecule has 6 nitrogen and oxygen atoms in total. The number of rotatable bonds is 7. The van der Waals surface area contributed by atoms with Crippen LogP contribution in [-0.2, 0) is 21.2 Å². The summed E-state index contributed by atoms with van der Waals surface area (Å²) in [6.07, 6.45) is 0.682. The molecule has 0 saturated carbocycles. The predicted octanol–water partition coefficient (Wildman–Crippen LogP) is 1.72. The lowest BCUT2D eigenvalue weighted by Crippen LogP contribution is -2.29. The fourth-order valence-electron chi connectivity index (χ4n) is 2.43. The Labute approximate surface area is 148 Å². The lowest BCUT2D eigenvalue weighted by molar-refractivity contribution is -0.115. The molecule has 1 amide bonds. The van der Waals surface area contributed by atoms with Crippen LogP contribution in [0.15, 0.2) is 47.4 Å². The number of primary sulfonamides is 1. The van der Waals surface area contributed by atoms with Gasteiger partial charge in [0, 0.05) is 5.69 Å². The molecule has 25 heavy (non-hydrogen) atoms. The molecule has 0 bridgehead atoms. The third kappa shape index (κ3) is 5.97. The third-order valence-corrected chi connectivity index (χ3v) is 4.71. The van der Waals surface area contributed by atoms with Crippen LogP contribution in [0.25, 0.3) is 0 Å². The summed E-state index contributed by atoms with van der Waals surface area (Å²) in [5, 5.41) is 11.0. The Hall–Kier alpha value is -2.22. The molecule has 0 spiro atoms. The van der Waals surface area contributed by atoms with Gasteiger partial charge in [0.25, 0.3) is 0 Å². The smallest absolute Gasteiger partial charge is 0.238 e. The van der Waals surface area contributed by atoms with Crippen LogP contribution in [0.2, 0.25) is 0 Å². The van der Waals surface area contributed by atoms with Crippen molar-refractivity contribution >= 4 is 21.6 Å². The average Bonchev–Trinajstić information content (AvgIpc) is 2.54. The molecular weight excluding hydrogens is 338 g/mol. The van der Waals surface area contributed by atoms with E-state index >= 15 is 0 Å². The van der Waals surface area contributed by atoms with Gasteiger partial charge in [0.1, 0.15) is 0 Å². The van der Waals surface area contributed by atoms with E-state index in [4.69, 9.17) is 5.14 Å². The van der Waals surface area contributed by atoms with Crippen LogP contribution >= 0.6 is 0 Å². The molecule has 0 saturated heterocycles. The van der Waals surface area contributed by atoms with Crippen LogP contribution in [0.3, 0.4) is 0 Å². The summed E-state index contributed by atoms with van der Waals surface area (Å²) in [4.78, 5) is 12.1. The second-order valence-electron chi connectivity index (χ2n) is 5.98. The number of amides is 1. The van der Waals surface area contributed by atoms with Crippen molar-refractivity contribution in [2.24, 2.45) is 5.14 Å². The number of nitrogens with one attached hydrogen (secondary N) is 2. The Morgan fingerprint density at radius 1 is 1.08 bits per heavy atom. The average molecular weight is 361 g/mol. The van der Waals surface area contributed by atoms with Crippen LogP contribution in [0.5, 0.6) is 0 Å². The first-order chi connectivity index (χ1) is 11.8. The second-order valence-corrected chi connectivity index (χ2v) is 7.54. The van der Waals surface area contributed by atoms with Crippen molar-refractivity contribution in [3.8, 4) is 0 Å². The highest BCUT2D eigenvalue weighted by Gasteiger charge is 2.07. The number of sulfonamides is 1. The van der Waals surface area contributed by atoms with Gasteiger partial charge < -0.3 is 10.6 Å². The van der Waals surface area contributed by atoms with Crippen molar-refractivity contribution in [2.75, 3.05) is 18.4 Å². The Bertz CT molecular complexity index is 846. The molecule has 4 N–H and O–H groups in total. The molecule has 0 unspecified atom stereocenters. The maximum Gasteiger partial charge on any atom is 0.238 e. The molecule has 0 aromatic heterocycles. The Morgan fingerprint density at radius 2 is 1.76 bits per heavy atom. The molecule has 0 aliphatic rings. The van der Waals surface area contributed by atoms with Gasteiger partial charge in [-0.2, -0.15) is 0 Å². The monoisotopic (exact) mass is 361 g/mol. The maximum atomic E-state index is 12.0. The summed E-state index contributed by atoms with van der Waals surface area (Å²) in [5.74, 6) is -0.100. The molecule has 0 atom stereocenters. The third-order valence-electron chi connectivity index (χ3n) is 3.78. The van der Waals surface area contributed by atoms with Crippen molar-refractivity contribution < 1.29 is 13.2 Å². The van der Waals surface area contributed by atoms with Crippen molar-refractivity contribution in [3.05, 3.63) is 59.2 Å². The van der Waals surface area contributed by atoms with Gasteiger partial charge in [-0.05, 0) is 56.1 Å². The number of hydrogen-bond donors (Lipinski definition) is 3. The summed E-state index contributed by atoms with van der Waals surface area (Å²) in [6, 6.07) is 12.3. The van der Waals surface area contributed by atoms with Crippen LogP contribution in [0.1, 0.15) is 16.7 Å². The first kappa shape index (κ1) is 19.1. The SMILES string of the molecule is Cc1ccc(NC(=O)CNCCc2ccc(S(N)(=O)=O)cc2)c(C)c1. The molecule has 0 aliphatic heterocycles. The zero-order chi connectivity index (χ0) is 18.4. The van der Waals surface area contributed by atoms with Crippen LogP contribution in [0.4, 0.5) is 5.69 Å². The van der Waals surface area contributed by atoms with Crippen LogP contribution in [-0.4, -0.2) is 27.4 Å². The normalized spacial score (nSPS) is 11.3. The van der Waals surface area contributed by atoms with E-state index in [2.05, 4.69) is 10.6 Å². The summed E-state index contributed by atoms with van der Waals surface area (Å²) >= 11 is 0. The van der Waals surface area contributed by atoms with Gasteiger partial charge in [0.2, 0.25) is 15.9 Å². The van der Waals surface area contributed by atoms with Gasteiger partial charge in [0.15, 0.2) is 0 Å². The first-order valence-corrected chi connectivity index (χ1v) is 9.50. The summed E-state index contributed by atoms with van der Waals surface area (Å²) in [5.41, 5.74) is 3.97. The fraction of sp³-hybridized carbons (Fsp3) is 0.278. The van der Waals surface area contributed by atoms with E-state index in [0.717, 1.165) is 22.4 Å². The summed E-state index contributed by atoms with van der Waals surface area (Å²) in [7, 11) is -3.66. The Morgan fingerprint density at radius 3 is 2.36 bits per heavy atom. The van der Waals surface area contributed by atoms with E-state index in [9.17, 15) is 13.2 Å². The molecule has 2 aromatic carbocycles. The van der Waals surface area contributed by atoms with E-state index in [1.165, 1.54) is 12.1 Å². The molecule has 7 heteroatoms. The minimum atomic E-state index is -3.66. The highest BCUT2D eigenvalue weighted by Crippen LogP contribution is 2.15. The largest absolute Gasteiger partial charge is 0.325 e. The molecule has 0 radical (unpaired) electrons. The number of anilines is 1. The van der Waals surface area contributed by atoms with Crippen LogP contribution < -0.4 is 15.8 Å². The minimum absolute atomic E-state index is 0.0945. The first-order valence-electron chi connectivity index (χ1n) is 7.95. The molecule has 2 rings (SSSR count). The van der Waals surface area contributed by atoms with Crippen molar-refractivity contribution in [3.63, 3.8) is 0 Å². The van der Waals surface area contributed by atoms with Gasteiger partial charge >= 0.3 is 0 Å². The number of aryl methyl sites for hydroxylation is 2. The molecule has 134 valence electrons. The lowest BCUT2D eigenvalue weighted by atomic mass is 10.1. The molecule has 2 aromatic rings. The number of nitrogens with two attached hydrogens (primary N) is 1. The molecular formula is C18H23N3O3S. The zero-order valence-corrected chi connectivity index (χ0v) is 15.2. The standard InChI is InChI=1S/C18H23N3O3S/c1-13-3-8-17(14(2)11-13)21-18(22)12-20-10-9-15-4-6-16(7-5-15)25(19,23)24/h3-8,11,20H,9-10,12H2,1-2H3,(H,21,22)(H2,19,23,24). The number of benzene rings is 2. The maximum absolute atomic E-state index is 12.0. The van der Waals surface area contributed by atoms with Gasteiger partial charge in [-0.1, -0.05) is 29.8 Å². The fourth-order valence-corrected chi connectivity index (χ4v) is 2.94. The second kappa shape index (κ2) is 8.24. The molecule has 0 aliphatic carbocycles. The van der Waals surface area contributed by atoms with Crippen molar-refractivity contribution in [2.45, 2.75) is 25.2 Å². The number of hydrogen-bond acceptors (Lipinski definition) is 4. The van der Waals surface area contributed by atoms with Crippen molar-refractivity contribution in [1.82, 2.24) is 5.32 Å². The van der Waals surface area contributed by atoms with Crippen molar-refractivity contribution in [1.29, 1.82) is 0 Å². The predicted molar refractivity (Wildman–Crippen MR) is 98.9 cm³/mol. The number of carbonyl (C=O) groups excluding carboxylic acids is 1. The number of carbonyl (C=O) groups is 1. The van der Waals surface area contributed by atoms with E-state index in [1.54, 1.807) is 12.1 Å².